The molecular weight excluding hydrogens is 352 g/mol. The van der Waals surface area contributed by atoms with Crippen molar-refractivity contribution in [3.8, 4) is 10.6 Å². The molecule has 0 saturated heterocycles. The lowest BCUT2D eigenvalue weighted by Gasteiger charge is -2.11. The first kappa shape index (κ1) is 12.8. The molecule has 0 atom stereocenters. The summed E-state index contributed by atoms with van der Waals surface area (Å²) in [6.45, 7) is 0. The average Bonchev–Trinajstić information content (AvgIpc) is 2.97. The van der Waals surface area contributed by atoms with Crippen LogP contribution < -0.4 is 5.73 Å². The predicted molar refractivity (Wildman–Crippen MR) is 91.7 cm³/mol. The molecule has 0 aliphatic heterocycles. The van der Waals surface area contributed by atoms with Gasteiger partial charge in [0.1, 0.15) is 5.01 Å². The normalized spacial score (nSPS) is 14.7. The Morgan fingerprint density at radius 2 is 2.00 bits per heavy atom. The average molecular weight is 365 g/mol. The molecule has 0 fully saturated rings. The second kappa shape index (κ2) is 4.83. The van der Waals surface area contributed by atoms with Gasteiger partial charge in [-0.15, -0.1) is 22.7 Å². The zero-order chi connectivity index (χ0) is 13.7. The summed E-state index contributed by atoms with van der Waals surface area (Å²) in [4.78, 5) is 6.28. The summed E-state index contributed by atoms with van der Waals surface area (Å²) in [5.74, 6) is 0. The SMILES string of the molecule is Nc1sc2c(c1-c1nc3cc(Br)ccc3s1)CCCC2. The van der Waals surface area contributed by atoms with Crippen molar-refractivity contribution in [2.24, 2.45) is 0 Å². The van der Waals surface area contributed by atoms with E-state index in [1.807, 2.05) is 0 Å². The summed E-state index contributed by atoms with van der Waals surface area (Å²) in [5, 5.41) is 2.02. The van der Waals surface area contributed by atoms with Crippen LogP contribution in [0, 0.1) is 0 Å². The maximum absolute atomic E-state index is 6.28. The summed E-state index contributed by atoms with van der Waals surface area (Å²) in [6.07, 6.45) is 4.89. The van der Waals surface area contributed by atoms with Crippen molar-refractivity contribution < 1.29 is 0 Å². The topological polar surface area (TPSA) is 38.9 Å². The minimum absolute atomic E-state index is 0.940. The Balaban J connectivity index is 1.92. The van der Waals surface area contributed by atoms with Crippen LogP contribution in [0.1, 0.15) is 23.3 Å². The van der Waals surface area contributed by atoms with Crippen LogP contribution >= 0.6 is 38.6 Å². The molecule has 1 aromatic carbocycles. The molecule has 2 N–H and O–H groups in total. The highest BCUT2D eigenvalue weighted by Crippen LogP contribution is 2.44. The van der Waals surface area contributed by atoms with Gasteiger partial charge >= 0.3 is 0 Å². The molecule has 20 heavy (non-hydrogen) atoms. The van der Waals surface area contributed by atoms with Gasteiger partial charge in [0.15, 0.2) is 0 Å². The summed E-state index contributed by atoms with van der Waals surface area (Å²) in [7, 11) is 0. The number of thiophene rings is 1. The van der Waals surface area contributed by atoms with Crippen LogP contribution in [0.5, 0.6) is 0 Å². The highest BCUT2D eigenvalue weighted by atomic mass is 79.9. The molecule has 3 aromatic rings. The van der Waals surface area contributed by atoms with E-state index in [0.717, 1.165) is 26.4 Å². The Labute approximate surface area is 133 Å². The monoisotopic (exact) mass is 364 g/mol. The van der Waals surface area contributed by atoms with Gasteiger partial charge < -0.3 is 5.73 Å². The highest BCUT2D eigenvalue weighted by Gasteiger charge is 2.22. The van der Waals surface area contributed by atoms with Crippen LogP contribution in [0.15, 0.2) is 22.7 Å². The molecule has 4 rings (SSSR count). The van der Waals surface area contributed by atoms with E-state index in [1.54, 1.807) is 22.7 Å². The third kappa shape index (κ3) is 2.00. The lowest BCUT2D eigenvalue weighted by atomic mass is 9.96. The molecule has 0 bridgehead atoms. The van der Waals surface area contributed by atoms with Gasteiger partial charge in [-0.1, -0.05) is 15.9 Å². The van der Waals surface area contributed by atoms with E-state index in [0.29, 0.717) is 0 Å². The third-order valence-electron chi connectivity index (χ3n) is 3.76. The molecule has 1 aliphatic rings. The lowest BCUT2D eigenvalue weighted by Crippen LogP contribution is -1.99. The van der Waals surface area contributed by atoms with Crippen molar-refractivity contribution in [1.82, 2.24) is 4.98 Å². The summed E-state index contributed by atoms with van der Waals surface area (Å²) < 4.78 is 2.29. The zero-order valence-corrected chi connectivity index (χ0v) is 14.0. The van der Waals surface area contributed by atoms with Gasteiger partial charge in [0.25, 0.3) is 0 Å². The number of halogens is 1. The molecule has 0 unspecified atom stereocenters. The summed E-state index contributed by atoms with van der Waals surface area (Å²) in [5.41, 5.74) is 10.00. The van der Waals surface area contributed by atoms with Gasteiger partial charge in [-0.2, -0.15) is 0 Å². The Morgan fingerprint density at radius 3 is 2.90 bits per heavy atom. The molecule has 2 aromatic heterocycles. The van der Waals surface area contributed by atoms with E-state index in [2.05, 4.69) is 34.1 Å². The Kier molecular flexibility index (Phi) is 3.09. The number of hydrogen-bond acceptors (Lipinski definition) is 4. The number of hydrogen-bond donors (Lipinski definition) is 1. The van der Waals surface area contributed by atoms with Gasteiger partial charge in [-0.25, -0.2) is 4.98 Å². The fourth-order valence-corrected chi connectivity index (χ4v) is 5.44. The second-order valence-electron chi connectivity index (χ2n) is 5.08. The van der Waals surface area contributed by atoms with Crippen molar-refractivity contribution in [3.63, 3.8) is 0 Å². The van der Waals surface area contributed by atoms with Crippen LogP contribution in [0.25, 0.3) is 20.8 Å². The number of thiazole rings is 1. The van der Waals surface area contributed by atoms with Gasteiger partial charge in [-0.3, -0.25) is 0 Å². The Bertz CT molecular complexity index is 804. The van der Waals surface area contributed by atoms with Gasteiger partial charge in [-0.05, 0) is 49.4 Å². The standard InChI is InChI=1S/C15H13BrN2S2/c16-8-5-6-12-10(7-8)18-15(20-12)13-9-3-1-2-4-11(9)19-14(13)17/h5-7H,1-4,17H2. The van der Waals surface area contributed by atoms with Crippen LogP contribution in [0.3, 0.4) is 0 Å². The van der Waals surface area contributed by atoms with Crippen molar-refractivity contribution in [1.29, 1.82) is 0 Å². The number of aromatic nitrogens is 1. The van der Waals surface area contributed by atoms with Gasteiger partial charge in [0, 0.05) is 14.9 Å². The number of benzene rings is 1. The number of aryl methyl sites for hydroxylation is 1. The molecule has 0 spiro atoms. The number of anilines is 1. The largest absolute Gasteiger partial charge is 0.390 e. The third-order valence-corrected chi connectivity index (χ3v) is 6.43. The van der Waals surface area contributed by atoms with Crippen molar-refractivity contribution in [3.05, 3.63) is 33.1 Å². The van der Waals surface area contributed by atoms with E-state index in [-0.39, 0.29) is 0 Å². The molecule has 0 radical (unpaired) electrons. The second-order valence-corrected chi connectivity index (χ2v) is 8.16. The lowest BCUT2D eigenvalue weighted by molar-refractivity contribution is 0.698. The van der Waals surface area contributed by atoms with Crippen LogP contribution in [0.4, 0.5) is 5.00 Å². The first-order valence-corrected chi connectivity index (χ1v) is 9.11. The summed E-state index contributed by atoms with van der Waals surface area (Å²) >= 11 is 7.01. The number of fused-ring (bicyclic) bond motifs is 2. The molecule has 5 heteroatoms. The Hall–Kier alpha value is -0.910. The number of rotatable bonds is 1. The van der Waals surface area contributed by atoms with E-state index in [1.165, 1.54) is 40.0 Å². The number of nitrogens with zero attached hydrogens (tertiary/aromatic N) is 1. The zero-order valence-electron chi connectivity index (χ0n) is 10.8. The minimum Gasteiger partial charge on any atom is -0.390 e. The quantitative estimate of drug-likeness (QED) is 0.640. The maximum Gasteiger partial charge on any atom is 0.127 e. The van der Waals surface area contributed by atoms with E-state index >= 15 is 0 Å². The molecule has 2 heterocycles. The van der Waals surface area contributed by atoms with E-state index < -0.39 is 0 Å². The highest BCUT2D eigenvalue weighted by molar-refractivity contribution is 9.10. The minimum atomic E-state index is 0.940. The number of nitrogen functional groups attached to an aromatic ring is 1. The van der Waals surface area contributed by atoms with E-state index in [4.69, 9.17) is 10.7 Å². The fraction of sp³-hybridized carbons (Fsp3) is 0.267. The summed E-state index contributed by atoms with van der Waals surface area (Å²) in [6, 6.07) is 6.26. The smallest absolute Gasteiger partial charge is 0.127 e. The number of nitrogens with two attached hydrogens (primary N) is 1. The first-order chi connectivity index (χ1) is 9.72. The Morgan fingerprint density at radius 1 is 1.15 bits per heavy atom. The van der Waals surface area contributed by atoms with E-state index in [9.17, 15) is 0 Å². The molecule has 1 aliphatic carbocycles. The fourth-order valence-electron chi connectivity index (χ4n) is 2.83. The molecule has 2 nitrogen and oxygen atoms in total. The first-order valence-electron chi connectivity index (χ1n) is 6.69. The molecular formula is C15H13BrN2S2. The maximum atomic E-state index is 6.28. The van der Waals surface area contributed by atoms with Gasteiger partial charge in [0.05, 0.1) is 15.2 Å². The molecule has 0 amide bonds. The van der Waals surface area contributed by atoms with Crippen LogP contribution in [0.2, 0.25) is 0 Å². The van der Waals surface area contributed by atoms with Crippen molar-refractivity contribution >= 4 is 53.8 Å². The van der Waals surface area contributed by atoms with Crippen LogP contribution in [-0.4, -0.2) is 4.98 Å². The van der Waals surface area contributed by atoms with Gasteiger partial charge in [0.2, 0.25) is 0 Å². The molecule has 102 valence electrons. The van der Waals surface area contributed by atoms with Crippen molar-refractivity contribution in [2.75, 3.05) is 5.73 Å². The van der Waals surface area contributed by atoms with Crippen molar-refractivity contribution in [2.45, 2.75) is 25.7 Å². The predicted octanol–water partition coefficient (Wildman–Crippen LogP) is 5.25. The van der Waals surface area contributed by atoms with Crippen LogP contribution in [-0.2, 0) is 12.8 Å². The molecule has 0 saturated carbocycles.